The Hall–Kier alpha value is -3.41. The monoisotopic (exact) mass is 377 g/mol. The predicted molar refractivity (Wildman–Crippen MR) is 106 cm³/mol. The average molecular weight is 377 g/mol. The molecular formula is C22H20FN3O2. The highest BCUT2D eigenvalue weighted by Gasteiger charge is 2.33. The molecule has 0 saturated carbocycles. The number of nitrogens with zero attached hydrogens (tertiary/aromatic N) is 2. The molecule has 1 aliphatic rings. The molecule has 4 rings (SSSR count). The fourth-order valence-electron chi connectivity index (χ4n) is 3.42. The number of benzene rings is 2. The van der Waals surface area contributed by atoms with E-state index in [1.165, 1.54) is 12.1 Å². The van der Waals surface area contributed by atoms with Crippen LogP contribution in [0.4, 0.5) is 9.18 Å². The van der Waals surface area contributed by atoms with Crippen molar-refractivity contribution in [2.24, 2.45) is 0 Å². The number of nitrogens with one attached hydrogen (secondary N) is 1. The molecule has 0 atom stereocenters. The van der Waals surface area contributed by atoms with Crippen molar-refractivity contribution in [2.45, 2.75) is 26.4 Å². The van der Waals surface area contributed by atoms with E-state index in [2.05, 4.69) is 23.7 Å². The number of amides is 3. The van der Waals surface area contributed by atoms with E-state index < -0.39 is 11.9 Å². The molecule has 28 heavy (non-hydrogen) atoms. The van der Waals surface area contributed by atoms with Gasteiger partial charge in [0.2, 0.25) is 0 Å². The minimum Gasteiger partial charge on any atom is -0.344 e. The first-order valence-corrected chi connectivity index (χ1v) is 9.12. The highest BCUT2D eigenvalue weighted by molar-refractivity contribution is 6.14. The molecule has 6 heteroatoms. The molecule has 2 heterocycles. The van der Waals surface area contributed by atoms with E-state index in [9.17, 15) is 14.0 Å². The number of aromatic nitrogens is 1. The summed E-state index contributed by atoms with van der Waals surface area (Å²) in [5.74, 6) is -0.751. The van der Waals surface area contributed by atoms with Gasteiger partial charge in [0, 0.05) is 28.7 Å². The fourth-order valence-corrected chi connectivity index (χ4v) is 3.42. The van der Waals surface area contributed by atoms with Crippen LogP contribution in [-0.4, -0.2) is 21.4 Å². The summed E-state index contributed by atoms with van der Waals surface area (Å²) in [7, 11) is 0. The lowest BCUT2D eigenvalue weighted by molar-refractivity contribution is -0.123. The van der Waals surface area contributed by atoms with Gasteiger partial charge in [-0.25, -0.2) is 9.18 Å². The van der Waals surface area contributed by atoms with Gasteiger partial charge in [0.25, 0.3) is 5.91 Å². The molecule has 1 aliphatic heterocycles. The van der Waals surface area contributed by atoms with Crippen LogP contribution >= 0.6 is 0 Å². The van der Waals surface area contributed by atoms with Gasteiger partial charge in [0.1, 0.15) is 11.5 Å². The summed E-state index contributed by atoms with van der Waals surface area (Å²) in [6.07, 6.45) is 3.70. The van der Waals surface area contributed by atoms with Gasteiger partial charge in [0.15, 0.2) is 0 Å². The molecule has 0 aliphatic carbocycles. The number of carbonyl (C=O) groups excluding carboxylic acids is 2. The molecule has 142 valence electrons. The van der Waals surface area contributed by atoms with E-state index in [1.54, 1.807) is 18.2 Å². The van der Waals surface area contributed by atoms with Crippen LogP contribution in [0.1, 0.15) is 31.0 Å². The topological polar surface area (TPSA) is 54.3 Å². The zero-order valence-corrected chi connectivity index (χ0v) is 15.6. The van der Waals surface area contributed by atoms with Gasteiger partial charge in [-0.3, -0.25) is 9.69 Å². The Morgan fingerprint density at radius 2 is 1.79 bits per heavy atom. The number of hydrogen-bond donors (Lipinski definition) is 1. The van der Waals surface area contributed by atoms with Gasteiger partial charge in [-0.05, 0) is 43.7 Å². The standard InChI is InChI=1S/C22H20FN3O2/c1-14(2)25-13-16(18-5-3-4-6-20(18)25)11-19-21(27)26(22(28)24-19)12-15-7-9-17(23)10-8-15/h3-11,13-14H,12H2,1-2H3,(H,24,28)/b19-11-. The van der Waals surface area contributed by atoms with E-state index in [4.69, 9.17) is 0 Å². The highest BCUT2D eigenvalue weighted by atomic mass is 19.1. The van der Waals surface area contributed by atoms with Crippen LogP contribution in [-0.2, 0) is 11.3 Å². The summed E-state index contributed by atoms with van der Waals surface area (Å²) in [5.41, 5.74) is 2.86. The van der Waals surface area contributed by atoms with E-state index in [0.717, 1.165) is 21.4 Å². The summed E-state index contributed by atoms with van der Waals surface area (Å²) < 4.78 is 15.2. The molecule has 3 aromatic rings. The summed E-state index contributed by atoms with van der Waals surface area (Å²) in [5, 5.41) is 3.67. The molecule has 1 saturated heterocycles. The van der Waals surface area contributed by atoms with Gasteiger partial charge in [0.05, 0.1) is 6.54 Å². The van der Waals surface area contributed by atoms with Gasteiger partial charge in [-0.1, -0.05) is 30.3 Å². The lowest BCUT2D eigenvalue weighted by Crippen LogP contribution is -2.30. The largest absolute Gasteiger partial charge is 0.344 e. The van der Waals surface area contributed by atoms with E-state index >= 15 is 0 Å². The highest BCUT2D eigenvalue weighted by Crippen LogP contribution is 2.27. The van der Waals surface area contributed by atoms with Crippen molar-refractivity contribution in [3.05, 3.63) is 77.4 Å². The average Bonchev–Trinajstić information content (AvgIpc) is 3.17. The Morgan fingerprint density at radius 3 is 2.50 bits per heavy atom. The quantitative estimate of drug-likeness (QED) is 0.539. The van der Waals surface area contributed by atoms with Crippen molar-refractivity contribution in [1.82, 2.24) is 14.8 Å². The summed E-state index contributed by atoms with van der Waals surface area (Å²) in [4.78, 5) is 26.2. The Labute approximate surface area is 162 Å². The maximum atomic E-state index is 13.1. The first-order valence-electron chi connectivity index (χ1n) is 9.12. The van der Waals surface area contributed by atoms with Crippen LogP contribution in [0.15, 0.2) is 60.4 Å². The molecule has 0 bridgehead atoms. The number of carbonyl (C=O) groups is 2. The third-order valence-electron chi connectivity index (χ3n) is 4.84. The minimum atomic E-state index is -0.479. The lowest BCUT2D eigenvalue weighted by Gasteiger charge is -2.11. The maximum Gasteiger partial charge on any atom is 0.329 e. The van der Waals surface area contributed by atoms with Crippen molar-refractivity contribution < 1.29 is 14.0 Å². The maximum absolute atomic E-state index is 13.1. The van der Waals surface area contributed by atoms with Crippen molar-refractivity contribution in [3.8, 4) is 0 Å². The number of hydrogen-bond acceptors (Lipinski definition) is 2. The summed E-state index contributed by atoms with van der Waals surface area (Å²) >= 11 is 0. The third kappa shape index (κ3) is 3.17. The van der Waals surface area contributed by atoms with Gasteiger partial charge < -0.3 is 9.88 Å². The molecule has 0 radical (unpaired) electrons. The Bertz CT molecular complexity index is 1100. The van der Waals surface area contributed by atoms with Crippen molar-refractivity contribution in [3.63, 3.8) is 0 Å². The molecule has 1 fully saturated rings. The van der Waals surface area contributed by atoms with Gasteiger partial charge in [-0.15, -0.1) is 0 Å². The number of fused-ring (bicyclic) bond motifs is 1. The van der Waals surface area contributed by atoms with Crippen LogP contribution in [0.5, 0.6) is 0 Å². The van der Waals surface area contributed by atoms with E-state index in [0.29, 0.717) is 5.56 Å². The summed E-state index contributed by atoms with van der Waals surface area (Å²) in [6.45, 7) is 4.28. The second-order valence-electron chi connectivity index (χ2n) is 7.11. The van der Waals surface area contributed by atoms with Crippen LogP contribution in [0.2, 0.25) is 0 Å². The first kappa shape index (κ1) is 18.0. The number of imide groups is 1. The van der Waals surface area contributed by atoms with Crippen LogP contribution in [0, 0.1) is 5.82 Å². The minimum absolute atomic E-state index is 0.0933. The number of halogens is 1. The van der Waals surface area contributed by atoms with E-state index in [1.807, 2.05) is 30.5 Å². The second-order valence-corrected chi connectivity index (χ2v) is 7.11. The molecule has 1 aromatic heterocycles. The molecule has 0 spiro atoms. The predicted octanol–water partition coefficient (Wildman–Crippen LogP) is 4.45. The van der Waals surface area contributed by atoms with Crippen LogP contribution in [0.25, 0.3) is 17.0 Å². The normalized spacial score (nSPS) is 15.9. The number of urea groups is 1. The van der Waals surface area contributed by atoms with E-state index in [-0.39, 0.29) is 24.1 Å². The van der Waals surface area contributed by atoms with Crippen molar-refractivity contribution >= 4 is 28.9 Å². The Kier molecular flexibility index (Phi) is 4.47. The molecule has 1 N–H and O–H groups in total. The van der Waals surface area contributed by atoms with Crippen LogP contribution < -0.4 is 5.32 Å². The Morgan fingerprint density at radius 1 is 1.07 bits per heavy atom. The summed E-state index contributed by atoms with van der Waals surface area (Å²) in [6, 6.07) is 13.5. The first-order chi connectivity index (χ1) is 13.4. The molecule has 2 aromatic carbocycles. The third-order valence-corrected chi connectivity index (χ3v) is 4.84. The lowest BCUT2D eigenvalue weighted by atomic mass is 10.1. The SMILES string of the molecule is CC(C)n1cc(/C=C2\NC(=O)N(Cc3ccc(F)cc3)C2=O)c2ccccc21. The molecule has 0 unspecified atom stereocenters. The fraction of sp³-hybridized carbons (Fsp3) is 0.182. The smallest absolute Gasteiger partial charge is 0.329 e. The molecule has 3 amide bonds. The number of para-hydroxylation sites is 1. The van der Waals surface area contributed by atoms with Gasteiger partial charge >= 0.3 is 6.03 Å². The van der Waals surface area contributed by atoms with Gasteiger partial charge in [-0.2, -0.15) is 0 Å². The van der Waals surface area contributed by atoms with Crippen molar-refractivity contribution in [2.75, 3.05) is 0 Å². The molecule has 5 nitrogen and oxygen atoms in total. The number of rotatable bonds is 4. The molecular weight excluding hydrogens is 357 g/mol. The van der Waals surface area contributed by atoms with Crippen LogP contribution in [0.3, 0.4) is 0 Å². The van der Waals surface area contributed by atoms with Crippen molar-refractivity contribution in [1.29, 1.82) is 0 Å². The zero-order valence-electron chi connectivity index (χ0n) is 15.6. The Balaban J connectivity index is 1.66. The zero-order chi connectivity index (χ0) is 19.8. The second kappa shape index (κ2) is 6.96.